The lowest BCUT2D eigenvalue weighted by Crippen LogP contribution is -2.33. The normalized spacial score (nSPS) is 14.0. The lowest BCUT2D eigenvalue weighted by Gasteiger charge is -2.20. The third kappa shape index (κ3) is 3.90. The second-order valence-electron chi connectivity index (χ2n) is 8.74. The van der Waals surface area contributed by atoms with Gasteiger partial charge in [0.15, 0.2) is 0 Å². The second-order valence-corrected chi connectivity index (χ2v) is 9.82. The van der Waals surface area contributed by atoms with Gasteiger partial charge in [-0.3, -0.25) is 14.2 Å². The van der Waals surface area contributed by atoms with E-state index in [1.807, 2.05) is 43.3 Å². The summed E-state index contributed by atoms with van der Waals surface area (Å²) < 4.78 is 6.94. The number of carbonyl (C=O) groups excluding carboxylic acids is 1. The molecule has 7 heteroatoms. The first kappa shape index (κ1) is 22.3. The van der Waals surface area contributed by atoms with E-state index in [-0.39, 0.29) is 11.5 Å². The van der Waals surface area contributed by atoms with Gasteiger partial charge < -0.3 is 10.1 Å². The minimum absolute atomic E-state index is 0.149. The standard InChI is InChI=1S/C27H27N3O3S/c1-16-9-8-10-18(15-16)24-29-26-23(19-11-4-7-14-22(19)34-26)27(32)30(24)17(2)25(31)28-20-12-5-6-13-21(20)33-3/h5-6,8-10,12-13,15,17H,4,7,11,14H2,1-3H3,(H,28,31). The van der Waals surface area contributed by atoms with E-state index in [1.54, 1.807) is 42.1 Å². The summed E-state index contributed by atoms with van der Waals surface area (Å²) in [4.78, 5) is 34.4. The number of rotatable bonds is 5. The first-order chi connectivity index (χ1) is 16.5. The van der Waals surface area contributed by atoms with Crippen molar-refractivity contribution in [3.8, 4) is 17.1 Å². The molecule has 1 atom stereocenters. The van der Waals surface area contributed by atoms with Crippen LogP contribution in [0.5, 0.6) is 5.75 Å². The number of nitrogens with zero attached hydrogens (tertiary/aromatic N) is 2. The molecule has 1 aliphatic rings. The van der Waals surface area contributed by atoms with Crippen molar-refractivity contribution in [1.29, 1.82) is 0 Å². The third-order valence-corrected chi connectivity index (χ3v) is 7.61. The Hall–Kier alpha value is -3.45. The zero-order valence-electron chi connectivity index (χ0n) is 19.6. The van der Waals surface area contributed by atoms with Gasteiger partial charge in [-0.15, -0.1) is 11.3 Å². The highest BCUT2D eigenvalue weighted by Crippen LogP contribution is 2.35. The number of benzene rings is 2. The van der Waals surface area contributed by atoms with Gasteiger partial charge in [0, 0.05) is 10.4 Å². The maximum Gasteiger partial charge on any atom is 0.263 e. The molecule has 2 aromatic carbocycles. The number of fused-ring (bicyclic) bond motifs is 3. The maximum atomic E-state index is 14.0. The van der Waals surface area contributed by atoms with Crippen LogP contribution in [-0.4, -0.2) is 22.6 Å². The molecule has 34 heavy (non-hydrogen) atoms. The van der Waals surface area contributed by atoms with Crippen molar-refractivity contribution in [2.75, 3.05) is 12.4 Å². The molecule has 1 unspecified atom stereocenters. The van der Waals surface area contributed by atoms with Gasteiger partial charge in [0.25, 0.3) is 5.56 Å². The number of ether oxygens (including phenoxy) is 1. The highest BCUT2D eigenvalue weighted by atomic mass is 32.1. The maximum absolute atomic E-state index is 14.0. The zero-order valence-corrected chi connectivity index (χ0v) is 20.4. The van der Waals surface area contributed by atoms with Crippen LogP contribution in [-0.2, 0) is 17.6 Å². The van der Waals surface area contributed by atoms with Crippen molar-refractivity contribution >= 4 is 33.1 Å². The van der Waals surface area contributed by atoms with Crippen LogP contribution < -0.4 is 15.6 Å². The summed E-state index contributed by atoms with van der Waals surface area (Å²) in [5.74, 6) is 0.781. The van der Waals surface area contributed by atoms with Crippen molar-refractivity contribution in [3.63, 3.8) is 0 Å². The molecule has 0 aliphatic heterocycles. The van der Waals surface area contributed by atoms with Gasteiger partial charge in [-0.25, -0.2) is 4.98 Å². The molecule has 1 aliphatic carbocycles. The van der Waals surface area contributed by atoms with Crippen LogP contribution in [0.25, 0.3) is 21.6 Å². The molecule has 2 aromatic heterocycles. The Kier molecular flexibility index (Phi) is 5.96. The summed E-state index contributed by atoms with van der Waals surface area (Å²) in [6.45, 7) is 3.75. The van der Waals surface area contributed by atoms with Gasteiger partial charge in [0.1, 0.15) is 22.4 Å². The Morgan fingerprint density at radius 2 is 1.94 bits per heavy atom. The van der Waals surface area contributed by atoms with Crippen molar-refractivity contribution in [2.24, 2.45) is 0 Å². The minimum atomic E-state index is -0.774. The number of aryl methyl sites for hydroxylation is 3. The number of amides is 1. The van der Waals surface area contributed by atoms with Crippen molar-refractivity contribution in [3.05, 3.63) is 74.9 Å². The molecule has 1 N–H and O–H groups in total. The van der Waals surface area contributed by atoms with Crippen LogP contribution in [0.1, 0.15) is 41.8 Å². The number of para-hydroxylation sites is 2. The summed E-state index contributed by atoms with van der Waals surface area (Å²) in [5, 5.41) is 3.61. The summed E-state index contributed by atoms with van der Waals surface area (Å²) in [6.07, 6.45) is 4.08. The Balaban J connectivity index is 1.67. The van der Waals surface area contributed by atoms with Crippen molar-refractivity contribution in [1.82, 2.24) is 9.55 Å². The van der Waals surface area contributed by atoms with Gasteiger partial charge in [-0.05, 0) is 63.3 Å². The Bertz CT molecular complexity index is 1450. The van der Waals surface area contributed by atoms with Crippen molar-refractivity contribution < 1.29 is 9.53 Å². The van der Waals surface area contributed by atoms with E-state index < -0.39 is 6.04 Å². The van der Waals surface area contributed by atoms with E-state index in [2.05, 4.69) is 5.32 Å². The topological polar surface area (TPSA) is 73.2 Å². The largest absolute Gasteiger partial charge is 0.495 e. The summed E-state index contributed by atoms with van der Waals surface area (Å²) in [6, 6.07) is 14.4. The molecule has 0 fully saturated rings. The number of aromatic nitrogens is 2. The summed E-state index contributed by atoms with van der Waals surface area (Å²) in [7, 11) is 1.56. The van der Waals surface area contributed by atoms with Gasteiger partial charge in [0.05, 0.1) is 18.2 Å². The van der Waals surface area contributed by atoms with E-state index in [1.165, 1.54) is 4.88 Å². The molecule has 0 spiro atoms. The fraction of sp³-hybridized carbons (Fsp3) is 0.296. The van der Waals surface area contributed by atoms with Crippen LogP contribution in [0.2, 0.25) is 0 Å². The van der Waals surface area contributed by atoms with Gasteiger partial charge >= 0.3 is 0 Å². The highest BCUT2D eigenvalue weighted by molar-refractivity contribution is 7.18. The minimum Gasteiger partial charge on any atom is -0.495 e. The van der Waals surface area contributed by atoms with Gasteiger partial charge in [0.2, 0.25) is 5.91 Å². The van der Waals surface area contributed by atoms with Crippen LogP contribution in [0.15, 0.2) is 53.3 Å². The number of nitrogens with one attached hydrogen (secondary N) is 1. The fourth-order valence-corrected chi connectivity index (χ4v) is 5.92. The quantitative estimate of drug-likeness (QED) is 0.414. The number of hydrogen-bond donors (Lipinski definition) is 1. The molecule has 174 valence electrons. The smallest absolute Gasteiger partial charge is 0.263 e. The number of thiophene rings is 1. The lowest BCUT2D eigenvalue weighted by atomic mass is 9.97. The van der Waals surface area contributed by atoms with E-state index in [0.29, 0.717) is 22.6 Å². The Morgan fingerprint density at radius 3 is 2.74 bits per heavy atom. The predicted molar refractivity (Wildman–Crippen MR) is 137 cm³/mol. The first-order valence-electron chi connectivity index (χ1n) is 11.6. The number of methoxy groups -OCH3 is 1. The predicted octanol–water partition coefficient (Wildman–Crippen LogP) is 5.52. The molecule has 6 nitrogen and oxygen atoms in total. The van der Waals surface area contributed by atoms with E-state index >= 15 is 0 Å². The molecule has 1 amide bonds. The Labute approximate surface area is 202 Å². The SMILES string of the molecule is COc1ccccc1NC(=O)C(C)n1c(-c2cccc(C)c2)nc2sc3c(c2c1=O)CCCC3. The van der Waals surface area contributed by atoms with Crippen molar-refractivity contribution in [2.45, 2.75) is 45.6 Å². The molecular formula is C27H27N3O3S. The van der Waals surface area contributed by atoms with Crippen LogP contribution in [0.4, 0.5) is 5.69 Å². The first-order valence-corrected chi connectivity index (χ1v) is 12.4. The summed E-state index contributed by atoms with van der Waals surface area (Å²) >= 11 is 1.62. The monoisotopic (exact) mass is 473 g/mol. The molecule has 5 rings (SSSR count). The number of hydrogen-bond acceptors (Lipinski definition) is 5. The molecule has 0 bridgehead atoms. The molecule has 4 aromatic rings. The molecule has 0 saturated carbocycles. The van der Waals surface area contributed by atoms with Gasteiger partial charge in [-0.1, -0.05) is 35.9 Å². The second kappa shape index (κ2) is 9.06. The van der Waals surface area contributed by atoms with Crippen LogP contribution in [0.3, 0.4) is 0 Å². The van der Waals surface area contributed by atoms with E-state index in [9.17, 15) is 9.59 Å². The van der Waals surface area contributed by atoms with Crippen LogP contribution in [0, 0.1) is 6.92 Å². The fourth-order valence-electron chi connectivity index (χ4n) is 4.67. The Morgan fingerprint density at radius 1 is 1.15 bits per heavy atom. The molecule has 0 radical (unpaired) electrons. The average Bonchev–Trinajstić information content (AvgIpc) is 3.22. The average molecular weight is 474 g/mol. The lowest BCUT2D eigenvalue weighted by molar-refractivity contribution is -0.118. The molecule has 2 heterocycles. The van der Waals surface area contributed by atoms with E-state index in [4.69, 9.17) is 9.72 Å². The number of carbonyl (C=O) groups is 1. The summed E-state index contributed by atoms with van der Waals surface area (Å²) in [5.41, 5.74) is 3.42. The molecular weight excluding hydrogens is 446 g/mol. The molecule has 0 saturated heterocycles. The highest BCUT2D eigenvalue weighted by Gasteiger charge is 2.27. The van der Waals surface area contributed by atoms with Crippen LogP contribution >= 0.6 is 11.3 Å². The number of anilines is 1. The van der Waals surface area contributed by atoms with Gasteiger partial charge in [-0.2, -0.15) is 0 Å². The van der Waals surface area contributed by atoms with E-state index in [0.717, 1.165) is 47.2 Å². The third-order valence-electron chi connectivity index (χ3n) is 6.43. The zero-order chi connectivity index (χ0) is 23.8.